The van der Waals surface area contributed by atoms with Gasteiger partial charge in [-0.15, -0.1) is 0 Å². The van der Waals surface area contributed by atoms with Gasteiger partial charge in [0.25, 0.3) is 0 Å². The van der Waals surface area contributed by atoms with Crippen LogP contribution in [0.2, 0.25) is 0 Å². The van der Waals surface area contributed by atoms with Crippen molar-refractivity contribution in [2.24, 2.45) is 5.92 Å². The van der Waals surface area contributed by atoms with Gasteiger partial charge in [0.15, 0.2) is 0 Å². The minimum Gasteiger partial charge on any atom is -0.465 e. The van der Waals surface area contributed by atoms with E-state index in [-0.39, 0.29) is 30.8 Å². The van der Waals surface area contributed by atoms with E-state index in [0.717, 1.165) is 25.7 Å². The normalized spacial score (nSPS) is 19.3. The number of hydrogen-bond donors (Lipinski definition) is 1. The monoisotopic (exact) mass is 257 g/mol. The van der Waals surface area contributed by atoms with E-state index in [1.54, 1.807) is 0 Å². The van der Waals surface area contributed by atoms with E-state index < -0.39 is 0 Å². The molecule has 5 nitrogen and oxygen atoms in total. The smallest absolute Gasteiger partial charge is 0.311 e. The molecule has 1 rings (SSSR count). The summed E-state index contributed by atoms with van der Waals surface area (Å²) in [6.07, 6.45) is 4.49. The topological polar surface area (TPSA) is 66.8 Å². The van der Waals surface area contributed by atoms with Crippen molar-refractivity contribution in [3.8, 4) is 0 Å². The highest BCUT2D eigenvalue weighted by atomic mass is 16.5. The van der Waals surface area contributed by atoms with Gasteiger partial charge in [0.2, 0.25) is 5.91 Å². The summed E-state index contributed by atoms with van der Waals surface area (Å²) in [6.45, 7) is 3.20. The van der Waals surface area contributed by atoms with Crippen molar-refractivity contribution in [1.82, 2.24) is 4.90 Å². The molecule has 0 bridgehead atoms. The molecule has 0 aromatic carbocycles. The van der Waals surface area contributed by atoms with Gasteiger partial charge < -0.3 is 14.7 Å². The number of aliphatic hydroxyl groups excluding tert-OH is 1. The van der Waals surface area contributed by atoms with Crippen molar-refractivity contribution in [2.45, 2.75) is 39.0 Å². The second-order valence-corrected chi connectivity index (χ2v) is 4.69. The lowest BCUT2D eigenvalue weighted by atomic mass is 10.1. The Morgan fingerprint density at radius 2 is 2.22 bits per heavy atom. The SMILES string of the molecule is CCCCCCOC(=O)C1CC(=O)N(CCO)C1. The second kappa shape index (κ2) is 8.08. The van der Waals surface area contributed by atoms with E-state index in [4.69, 9.17) is 9.84 Å². The zero-order chi connectivity index (χ0) is 13.4. The number of amides is 1. The lowest BCUT2D eigenvalue weighted by Crippen LogP contribution is -2.29. The van der Waals surface area contributed by atoms with Crippen LogP contribution in [0.15, 0.2) is 0 Å². The number of β-amino-alcohol motifs (C(OH)–C–C–N with tert-alkyl or cyclic N) is 1. The quantitative estimate of drug-likeness (QED) is 0.519. The number of likely N-dealkylation sites (tertiary alicyclic amines) is 1. The molecule has 1 unspecified atom stereocenters. The Bertz CT molecular complexity index is 280. The van der Waals surface area contributed by atoms with Crippen molar-refractivity contribution < 1.29 is 19.4 Å². The third-order valence-electron chi connectivity index (χ3n) is 3.16. The first kappa shape index (κ1) is 15.0. The van der Waals surface area contributed by atoms with Gasteiger partial charge in [-0.05, 0) is 6.42 Å². The molecule has 1 amide bonds. The van der Waals surface area contributed by atoms with Crippen LogP contribution < -0.4 is 0 Å². The summed E-state index contributed by atoms with van der Waals surface area (Å²) in [5.41, 5.74) is 0. The fraction of sp³-hybridized carbons (Fsp3) is 0.846. The van der Waals surface area contributed by atoms with Gasteiger partial charge in [0, 0.05) is 19.5 Å². The highest BCUT2D eigenvalue weighted by Gasteiger charge is 2.34. The molecule has 0 aromatic rings. The first-order chi connectivity index (χ1) is 8.69. The van der Waals surface area contributed by atoms with Crippen LogP contribution in [0.3, 0.4) is 0 Å². The van der Waals surface area contributed by atoms with E-state index in [1.807, 2.05) is 0 Å². The first-order valence-corrected chi connectivity index (χ1v) is 6.74. The van der Waals surface area contributed by atoms with Gasteiger partial charge >= 0.3 is 5.97 Å². The molecule has 5 heteroatoms. The van der Waals surface area contributed by atoms with Crippen molar-refractivity contribution in [2.75, 3.05) is 26.3 Å². The summed E-state index contributed by atoms with van der Waals surface area (Å²) in [6, 6.07) is 0. The molecule has 1 fully saturated rings. The minimum atomic E-state index is -0.352. The van der Waals surface area contributed by atoms with E-state index in [1.165, 1.54) is 4.90 Å². The summed E-state index contributed by atoms with van der Waals surface area (Å²) >= 11 is 0. The lowest BCUT2D eigenvalue weighted by Gasteiger charge is -2.14. The Hall–Kier alpha value is -1.10. The molecule has 0 aromatic heterocycles. The van der Waals surface area contributed by atoms with Crippen LogP contribution in [0.4, 0.5) is 0 Å². The molecular weight excluding hydrogens is 234 g/mol. The average molecular weight is 257 g/mol. The number of unbranched alkanes of at least 4 members (excludes halogenated alkanes) is 3. The van der Waals surface area contributed by atoms with Gasteiger partial charge in [0.1, 0.15) is 0 Å². The number of nitrogens with zero attached hydrogens (tertiary/aromatic N) is 1. The van der Waals surface area contributed by atoms with Gasteiger partial charge in [-0.2, -0.15) is 0 Å². The predicted octanol–water partition coefficient (Wildman–Crippen LogP) is 0.951. The molecular formula is C13H23NO4. The van der Waals surface area contributed by atoms with Crippen LogP contribution in [0, 0.1) is 5.92 Å². The molecule has 1 atom stereocenters. The number of carbonyl (C=O) groups is 2. The second-order valence-electron chi connectivity index (χ2n) is 4.69. The van der Waals surface area contributed by atoms with E-state index in [0.29, 0.717) is 19.7 Å². The number of ether oxygens (including phenoxy) is 1. The zero-order valence-corrected chi connectivity index (χ0v) is 11.1. The van der Waals surface area contributed by atoms with Crippen LogP contribution >= 0.6 is 0 Å². The van der Waals surface area contributed by atoms with Crippen molar-refractivity contribution in [1.29, 1.82) is 0 Å². The fourth-order valence-corrected chi connectivity index (χ4v) is 2.09. The Morgan fingerprint density at radius 1 is 1.44 bits per heavy atom. The Labute approximate surface area is 108 Å². The number of rotatable bonds is 8. The molecule has 1 saturated heterocycles. The standard InChI is InChI=1S/C13H23NO4/c1-2-3-4-5-8-18-13(17)11-9-12(16)14(10-11)6-7-15/h11,15H,2-10H2,1H3. The van der Waals surface area contributed by atoms with Gasteiger partial charge in [0.05, 0.1) is 19.1 Å². The number of hydrogen-bond acceptors (Lipinski definition) is 4. The zero-order valence-electron chi connectivity index (χ0n) is 11.1. The van der Waals surface area contributed by atoms with Crippen molar-refractivity contribution >= 4 is 11.9 Å². The van der Waals surface area contributed by atoms with Gasteiger partial charge in [-0.25, -0.2) is 0 Å². The summed E-state index contributed by atoms with van der Waals surface area (Å²) in [5.74, 6) is -0.701. The maximum Gasteiger partial charge on any atom is 0.311 e. The summed E-state index contributed by atoms with van der Waals surface area (Å²) in [7, 11) is 0. The minimum absolute atomic E-state index is 0.0650. The molecule has 0 saturated carbocycles. The molecule has 18 heavy (non-hydrogen) atoms. The van der Waals surface area contributed by atoms with Crippen molar-refractivity contribution in [3.63, 3.8) is 0 Å². The molecule has 1 heterocycles. The van der Waals surface area contributed by atoms with E-state index in [2.05, 4.69) is 6.92 Å². The van der Waals surface area contributed by atoms with E-state index in [9.17, 15) is 9.59 Å². The van der Waals surface area contributed by atoms with Crippen molar-refractivity contribution in [3.05, 3.63) is 0 Å². The number of carbonyl (C=O) groups excluding carboxylic acids is 2. The molecule has 104 valence electrons. The van der Waals surface area contributed by atoms with Crippen LogP contribution in [0.5, 0.6) is 0 Å². The van der Waals surface area contributed by atoms with E-state index >= 15 is 0 Å². The highest BCUT2D eigenvalue weighted by molar-refractivity contribution is 5.86. The van der Waals surface area contributed by atoms with Crippen LogP contribution in [-0.2, 0) is 14.3 Å². The Balaban J connectivity index is 2.20. The van der Waals surface area contributed by atoms with Crippen LogP contribution in [-0.4, -0.2) is 48.2 Å². The highest BCUT2D eigenvalue weighted by Crippen LogP contribution is 2.18. The molecule has 1 N–H and O–H groups in total. The number of aliphatic hydroxyl groups is 1. The largest absolute Gasteiger partial charge is 0.465 e. The molecule has 0 spiro atoms. The van der Waals surface area contributed by atoms with Gasteiger partial charge in [-0.3, -0.25) is 9.59 Å². The summed E-state index contributed by atoms with van der Waals surface area (Å²) < 4.78 is 5.17. The maximum atomic E-state index is 11.7. The predicted molar refractivity (Wildman–Crippen MR) is 66.9 cm³/mol. The first-order valence-electron chi connectivity index (χ1n) is 6.74. The Kier molecular flexibility index (Phi) is 6.72. The third-order valence-corrected chi connectivity index (χ3v) is 3.16. The maximum absolute atomic E-state index is 11.7. The molecule has 0 radical (unpaired) electrons. The van der Waals surface area contributed by atoms with Gasteiger partial charge in [-0.1, -0.05) is 26.2 Å². The Morgan fingerprint density at radius 3 is 2.89 bits per heavy atom. The fourth-order valence-electron chi connectivity index (χ4n) is 2.09. The van der Waals surface area contributed by atoms with Crippen LogP contribution in [0.25, 0.3) is 0 Å². The average Bonchev–Trinajstić information content (AvgIpc) is 2.71. The van der Waals surface area contributed by atoms with Crippen LogP contribution in [0.1, 0.15) is 39.0 Å². The lowest BCUT2D eigenvalue weighted by molar-refractivity contribution is -0.148. The molecule has 1 aliphatic rings. The number of esters is 1. The summed E-state index contributed by atoms with van der Waals surface area (Å²) in [4.78, 5) is 24.7. The molecule has 0 aliphatic carbocycles. The molecule has 1 aliphatic heterocycles. The summed E-state index contributed by atoms with van der Waals surface area (Å²) in [5, 5.41) is 8.78. The third kappa shape index (κ3) is 4.64.